The molecule has 0 aromatic carbocycles. The molecule has 5 heteroatoms. The maximum Gasteiger partial charge on any atom is 0.142 e. The van der Waals surface area contributed by atoms with Crippen molar-refractivity contribution >= 4 is 11.3 Å². The zero-order valence-electron chi connectivity index (χ0n) is 10.7. The number of aliphatic hydroxyl groups is 1. The van der Waals surface area contributed by atoms with E-state index in [2.05, 4.69) is 20.2 Å². The molecule has 4 nitrogen and oxygen atoms in total. The average molecular weight is 275 g/mol. The van der Waals surface area contributed by atoms with E-state index in [1.165, 1.54) is 0 Å². The molecule has 1 N–H and O–H groups in total. The van der Waals surface area contributed by atoms with Gasteiger partial charge in [0, 0.05) is 24.7 Å². The highest BCUT2D eigenvalue weighted by Crippen LogP contribution is 2.22. The zero-order chi connectivity index (χ0) is 13.1. The number of β-amino-alcohol motifs (C(OH)–C–C–N with tert-alkyl or cyclic N) is 1. The van der Waals surface area contributed by atoms with Crippen LogP contribution >= 0.6 is 11.3 Å². The Morgan fingerprint density at radius 1 is 1.42 bits per heavy atom. The van der Waals surface area contributed by atoms with E-state index in [9.17, 15) is 5.11 Å². The summed E-state index contributed by atoms with van der Waals surface area (Å²) < 4.78 is 0. The molecule has 0 unspecified atom stereocenters. The molecule has 19 heavy (non-hydrogen) atoms. The van der Waals surface area contributed by atoms with Gasteiger partial charge in [0.05, 0.1) is 17.5 Å². The minimum absolute atomic E-state index is 0.178. The van der Waals surface area contributed by atoms with Gasteiger partial charge in [-0.25, -0.2) is 4.98 Å². The third kappa shape index (κ3) is 3.18. The number of hydrogen-bond acceptors (Lipinski definition) is 5. The first kappa shape index (κ1) is 12.7. The fraction of sp³-hybridized carbons (Fsp3) is 0.429. The van der Waals surface area contributed by atoms with E-state index in [1.54, 1.807) is 17.5 Å². The second-order valence-electron chi connectivity index (χ2n) is 4.89. The van der Waals surface area contributed by atoms with Gasteiger partial charge in [-0.05, 0) is 31.5 Å². The number of likely N-dealkylation sites (tertiary alicyclic amines) is 1. The van der Waals surface area contributed by atoms with Crippen molar-refractivity contribution in [1.82, 2.24) is 14.9 Å². The molecule has 0 radical (unpaired) electrons. The maximum atomic E-state index is 9.67. The molecule has 1 aliphatic heterocycles. The van der Waals surface area contributed by atoms with Crippen LogP contribution in [0.15, 0.2) is 29.8 Å². The lowest BCUT2D eigenvalue weighted by molar-refractivity contribution is 0.0663. The van der Waals surface area contributed by atoms with E-state index in [0.29, 0.717) is 0 Å². The van der Waals surface area contributed by atoms with E-state index < -0.39 is 0 Å². The van der Waals surface area contributed by atoms with Crippen molar-refractivity contribution in [2.45, 2.75) is 25.5 Å². The summed E-state index contributed by atoms with van der Waals surface area (Å²) in [6.45, 7) is 2.63. The second-order valence-corrected chi connectivity index (χ2v) is 5.75. The van der Waals surface area contributed by atoms with E-state index in [-0.39, 0.29) is 6.10 Å². The van der Waals surface area contributed by atoms with Crippen LogP contribution in [0.4, 0.5) is 0 Å². The Bertz CT molecular complexity index is 528. The van der Waals surface area contributed by atoms with Crippen molar-refractivity contribution in [1.29, 1.82) is 0 Å². The molecule has 0 saturated carbocycles. The van der Waals surface area contributed by atoms with Gasteiger partial charge < -0.3 is 5.11 Å². The van der Waals surface area contributed by atoms with E-state index in [1.807, 2.05) is 18.2 Å². The number of aliphatic hydroxyl groups excluding tert-OH is 1. The van der Waals surface area contributed by atoms with Gasteiger partial charge >= 0.3 is 0 Å². The molecule has 0 spiro atoms. The normalized spacial score (nSPS) is 20.6. The van der Waals surface area contributed by atoms with Gasteiger partial charge in [0.2, 0.25) is 0 Å². The Morgan fingerprint density at radius 2 is 2.37 bits per heavy atom. The monoisotopic (exact) mass is 275 g/mol. The van der Waals surface area contributed by atoms with Crippen LogP contribution in [0.25, 0.3) is 10.7 Å². The second kappa shape index (κ2) is 5.77. The zero-order valence-corrected chi connectivity index (χ0v) is 11.5. The smallest absolute Gasteiger partial charge is 0.142 e. The maximum absolute atomic E-state index is 9.67. The first-order chi connectivity index (χ1) is 9.31. The molecular formula is C14H17N3OS. The summed E-state index contributed by atoms with van der Waals surface area (Å²) in [4.78, 5) is 11.2. The number of hydrogen-bond donors (Lipinski definition) is 1. The Morgan fingerprint density at radius 3 is 3.16 bits per heavy atom. The lowest BCUT2D eigenvalue weighted by Gasteiger charge is -2.29. The van der Waals surface area contributed by atoms with Crippen molar-refractivity contribution in [3.8, 4) is 10.7 Å². The van der Waals surface area contributed by atoms with Crippen molar-refractivity contribution in [2.24, 2.45) is 0 Å². The lowest BCUT2D eigenvalue weighted by Crippen LogP contribution is -2.37. The van der Waals surface area contributed by atoms with Crippen LogP contribution < -0.4 is 0 Å². The predicted octanol–water partition coefficient (Wildman–Crippen LogP) is 2.16. The molecule has 1 saturated heterocycles. The number of nitrogens with zero attached hydrogens (tertiary/aromatic N) is 3. The molecule has 100 valence electrons. The molecule has 1 atom stereocenters. The highest BCUT2D eigenvalue weighted by Gasteiger charge is 2.18. The summed E-state index contributed by atoms with van der Waals surface area (Å²) in [5, 5.41) is 12.7. The summed E-state index contributed by atoms with van der Waals surface area (Å²) in [6.07, 6.45) is 3.60. The number of pyridine rings is 1. The highest BCUT2D eigenvalue weighted by atomic mass is 32.1. The summed E-state index contributed by atoms with van der Waals surface area (Å²) in [7, 11) is 0. The Hall–Kier alpha value is -1.30. The summed E-state index contributed by atoms with van der Waals surface area (Å²) >= 11 is 1.63. The fourth-order valence-electron chi connectivity index (χ4n) is 2.39. The Kier molecular flexibility index (Phi) is 3.87. The molecule has 0 aliphatic carbocycles. The topological polar surface area (TPSA) is 49.2 Å². The quantitative estimate of drug-likeness (QED) is 0.932. The van der Waals surface area contributed by atoms with Gasteiger partial charge in [0.1, 0.15) is 5.01 Å². The van der Waals surface area contributed by atoms with Crippen LogP contribution in [0.1, 0.15) is 18.5 Å². The molecular weight excluding hydrogens is 258 g/mol. The Balaban J connectivity index is 1.68. The standard InChI is InChI=1S/C14H17N3OS/c18-12-4-3-7-17(9-12)8-11-10-19-14(16-11)13-5-1-2-6-15-13/h1-2,5-6,10,12,18H,3-4,7-9H2/t12-/m0/s1. The SMILES string of the molecule is O[C@H]1CCCN(Cc2csc(-c3ccccn3)n2)C1. The fourth-order valence-corrected chi connectivity index (χ4v) is 3.18. The molecule has 1 aliphatic rings. The van der Waals surface area contributed by atoms with Crippen molar-refractivity contribution in [3.05, 3.63) is 35.5 Å². The van der Waals surface area contributed by atoms with Gasteiger partial charge in [0.15, 0.2) is 0 Å². The van der Waals surface area contributed by atoms with Crippen LogP contribution in [0.5, 0.6) is 0 Å². The first-order valence-corrected chi connectivity index (χ1v) is 7.45. The van der Waals surface area contributed by atoms with Gasteiger partial charge in [-0.3, -0.25) is 9.88 Å². The number of aromatic nitrogens is 2. The van der Waals surface area contributed by atoms with Crippen LogP contribution in [0.3, 0.4) is 0 Å². The number of thiazole rings is 1. The van der Waals surface area contributed by atoms with Gasteiger partial charge in [-0.2, -0.15) is 0 Å². The van der Waals surface area contributed by atoms with Crippen LogP contribution in [0.2, 0.25) is 0 Å². The van der Waals surface area contributed by atoms with Crippen LogP contribution in [-0.4, -0.2) is 39.2 Å². The number of rotatable bonds is 3. The third-order valence-electron chi connectivity index (χ3n) is 3.30. The summed E-state index contributed by atoms with van der Waals surface area (Å²) in [5.74, 6) is 0. The minimum Gasteiger partial charge on any atom is -0.392 e. The van der Waals surface area contributed by atoms with Crippen LogP contribution in [0, 0.1) is 0 Å². The van der Waals surface area contributed by atoms with Gasteiger partial charge in [-0.15, -0.1) is 11.3 Å². The first-order valence-electron chi connectivity index (χ1n) is 6.57. The summed E-state index contributed by atoms with van der Waals surface area (Å²) in [5.41, 5.74) is 2.00. The molecule has 1 fully saturated rings. The van der Waals surface area contributed by atoms with E-state index in [4.69, 9.17) is 0 Å². The lowest BCUT2D eigenvalue weighted by atomic mass is 10.1. The Labute approximate surface area is 116 Å². The van der Waals surface area contributed by atoms with Crippen molar-refractivity contribution in [2.75, 3.05) is 13.1 Å². The largest absolute Gasteiger partial charge is 0.392 e. The van der Waals surface area contributed by atoms with Gasteiger partial charge in [0.25, 0.3) is 0 Å². The van der Waals surface area contributed by atoms with E-state index >= 15 is 0 Å². The summed E-state index contributed by atoms with van der Waals surface area (Å²) in [6, 6.07) is 5.87. The molecule has 3 rings (SSSR count). The minimum atomic E-state index is -0.178. The molecule has 2 aromatic heterocycles. The van der Waals surface area contributed by atoms with E-state index in [0.717, 1.165) is 48.9 Å². The highest BCUT2D eigenvalue weighted by molar-refractivity contribution is 7.13. The molecule has 3 heterocycles. The molecule has 0 amide bonds. The molecule has 2 aromatic rings. The molecule has 0 bridgehead atoms. The van der Waals surface area contributed by atoms with Crippen molar-refractivity contribution < 1.29 is 5.11 Å². The third-order valence-corrected chi connectivity index (χ3v) is 4.22. The van der Waals surface area contributed by atoms with Crippen LogP contribution in [-0.2, 0) is 6.54 Å². The van der Waals surface area contributed by atoms with Crippen molar-refractivity contribution in [3.63, 3.8) is 0 Å². The predicted molar refractivity (Wildman–Crippen MR) is 75.9 cm³/mol. The number of piperidine rings is 1. The average Bonchev–Trinajstić information content (AvgIpc) is 2.88. The van der Waals surface area contributed by atoms with Gasteiger partial charge in [-0.1, -0.05) is 6.07 Å².